The lowest BCUT2D eigenvalue weighted by atomic mass is 9.85. The van der Waals surface area contributed by atoms with Gasteiger partial charge in [0.2, 0.25) is 0 Å². The smallest absolute Gasteiger partial charge is 0.164 e. The van der Waals surface area contributed by atoms with Crippen LogP contribution in [0.3, 0.4) is 0 Å². The lowest BCUT2D eigenvalue weighted by Crippen LogP contribution is -2.62. The van der Waals surface area contributed by atoms with Crippen LogP contribution >= 0.6 is 0 Å². The van der Waals surface area contributed by atoms with E-state index < -0.39 is 48.2 Å². The predicted molar refractivity (Wildman–Crippen MR) is 95.2 cm³/mol. The van der Waals surface area contributed by atoms with E-state index in [1.165, 1.54) is 0 Å². The van der Waals surface area contributed by atoms with Crippen LogP contribution in [0.4, 0.5) is 0 Å². The fourth-order valence-corrected chi connectivity index (χ4v) is 4.15. The molecule has 1 saturated carbocycles. The Morgan fingerprint density at radius 3 is 1.81 bits per heavy atom. The molecule has 27 heavy (non-hydrogen) atoms. The third kappa shape index (κ3) is 3.60. The predicted octanol–water partition coefficient (Wildman–Crippen LogP) is 2.00. The van der Waals surface area contributed by atoms with Gasteiger partial charge in [-0.15, -0.1) is 0 Å². The lowest BCUT2D eigenvalue weighted by molar-refractivity contribution is -0.190. The second-order valence-electron chi connectivity index (χ2n) is 8.24. The van der Waals surface area contributed by atoms with Gasteiger partial charge in [0.05, 0.1) is 13.7 Å². The Balaban J connectivity index is 1.55. The normalized spacial score (nSPS) is 39.0. The fraction of sp³-hybridized carbons (Fsp3) is 0.700. The molecular weight excluding hydrogens is 352 g/mol. The number of aliphatic hydroxyl groups is 1. The summed E-state index contributed by atoms with van der Waals surface area (Å²) in [6.45, 7) is 7.71. The summed E-state index contributed by atoms with van der Waals surface area (Å²) in [5, 5.41) is 10.8. The van der Waals surface area contributed by atoms with E-state index in [1.54, 1.807) is 7.11 Å². The van der Waals surface area contributed by atoms with Gasteiger partial charge in [-0.3, -0.25) is 0 Å². The SMILES string of the molecule is COc1ccc(CO[C@@H]2[C@@H]3OC(C)(C)O[C@@H]3[C@@H](O)[C@@H]3OC(C)(C)O[C@@H]23)cc1. The van der Waals surface area contributed by atoms with Crippen LogP contribution in [-0.2, 0) is 30.3 Å². The van der Waals surface area contributed by atoms with Gasteiger partial charge in [-0.25, -0.2) is 0 Å². The Morgan fingerprint density at radius 2 is 1.33 bits per heavy atom. The van der Waals surface area contributed by atoms with E-state index in [1.807, 2.05) is 52.0 Å². The number of aliphatic hydroxyl groups excluding tert-OH is 1. The van der Waals surface area contributed by atoms with Gasteiger partial charge in [-0.05, 0) is 45.4 Å². The van der Waals surface area contributed by atoms with Crippen molar-refractivity contribution in [3.63, 3.8) is 0 Å². The average molecular weight is 380 g/mol. The number of fused-ring (bicyclic) bond motifs is 2. The van der Waals surface area contributed by atoms with Crippen molar-refractivity contribution in [2.75, 3.05) is 7.11 Å². The maximum Gasteiger partial charge on any atom is 0.164 e. The largest absolute Gasteiger partial charge is 0.497 e. The van der Waals surface area contributed by atoms with Crippen molar-refractivity contribution in [2.24, 2.45) is 0 Å². The minimum Gasteiger partial charge on any atom is -0.497 e. The molecule has 0 bridgehead atoms. The third-order valence-electron chi connectivity index (χ3n) is 5.25. The van der Waals surface area contributed by atoms with Crippen molar-refractivity contribution < 1.29 is 33.5 Å². The van der Waals surface area contributed by atoms with Crippen LogP contribution in [0.5, 0.6) is 5.75 Å². The van der Waals surface area contributed by atoms with Gasteiger partial charge in [-0.1, -0.05) is 12.1 Å². The molecule has 150 valence electrons. The second-order valence-corrected chi connectivity index (χ2v) is 8.24. The van der Waals surface area contributed by atoms with Crippen LogP contribution in [0.25, 0.3) is 0 Å². The van der Waals surface area contributed by atoms with E-state index in [4.69, 9.17) is 28.4 Å². The van der Waals surface area contributed by atoms with Crippen LogP contribution in [-0.4, -0.2) is 60.4 Å². The number of hydrogen-bond acceptors (Lipinski definition) is 7. The van der Waals surface area contributed by atoms with Crippen LogP contribution in [0.15, 0.2) is 24.3 Å². The Kier molecular flexibility index (Phi) is 4.73. The maximum atomic E-state index is 10.8. The zero-order valence-electron chi connectivity index (χ0n) is 16.4. The van der Waals surface area contributed by atoms with Gasteiger partial charge < -0.3 is 33.5 Å². The summed E-state index contributed by atoms with van der Waals surface area (Å²) in [7, 11) is 1.64. The minimum absolute atomic E-state index is 0.380. The van der Waals surface area contributed by atoms with E-state index >= 15 is 0 Å². The highest BCUT2D eigenvalue weighted by molar-refractivity contribution is 5.26. The van der Waals surface area contributed by atoms with Crippen LogP contribution in [0.2, 0.25) is 0 Å². The van der Waals surface area contributed by atoms with E-state index in [2.05, 4.69) is 0 Å². The van der Waals surface area contributed by atoms with Gasteiger partial charge in [0.1, 0.15) is 42.4 Å². The molecule has 1 N–H and O–H groups in total. The molecule has 1 aromatic carbocycles. The lowest BCUT2D eigenvalue weighted by Gasteiger charge is -2.40. The molecule has 0 unspecified atom stereocenters. The molecule has 7 heteroatoms. The van der Waals surface area contributed by atoms with Crippen molar-refractivity contribution in [2.45, 2.75) is 82.5 Å². The summed E-state index contributed by atoms with van der Waals surface area (Å²) >= 11 is 0. The molecule has 0 spiro atoms. The Labute approximate surface area is 159 Å². The van der Waals surface area contributed by atoms with E-state index in [9.17, 15) is 5.11 Å². The molecule has 1 aromatic rings. The number of benzene rings is 1. The monoisotopic (exact) mass is 380 g/mol. The molecule has 6 atom stereocenters. The summed E-state index contributed by atoms with van der Waals surface area (Å²) in [6, 6.07) is 7.70. The van der Waals surface area contributed by atoms with E-state index in [-0.39, 0.29) is 0 Å². The van der Waals surface area contributed by atoms with Crippen LogP contribution < -0.4 is 4.74 Å². The highest BCUT2D eigenvalue weighted by Crippen LogP contribution is 2.45. The van der Waals surface area contributed by atoms with Crippen molar-refractivity contribution in [3.05, 3.63) is 29.8 Å². The average Bonchev–Trinajstić information content (AvgIpc) is 3.11. The Morgan fingerprint density at radius 1 is 0.852 bits per heavy atom. The molecule has 3 fully saturated rings. The van der Waals surface area contributed by atoms with Crippen LogP contribution in [0.1, 0.15) is 33.3 Å². The number of ether oxygens (including phenoxy) is 6. The molecule has 0 amide bonds. The Bertz CT molecular complexity index is 639. The zero-order chi connectivity index (χ0) is 19.4. The first kappa shape index (κ1) is 19.1. The standard InChI is InChI=1S/C20H28O7/c1-19(2)24-14-13(21)15-18(27-20(3,4)25-15)16(17(14)26-19)23-10-11-6-8-12(22-5)9-7-11/h6-9,13-18,21H,10H2,1-5H3/t13-,14-,15+,16-,17-,18-/m1/s1. The second kappa shape index (κ2) is 6.69. The minimum atomic E-state index is -0.843. The van der Waals surface area contributed by atoms with Gasteiger partial charge in [0, 0.05) is 0 Å². The van der Waals surface area contributed by atoms with E-state index in [0.29, 0.717) is 6.61 Å². The van der Waals surface area contributed by atoms with Crippen molar-refractivity contribution >= 4 is 0 Å². The quantitative estimate of drug-likeness (QED) is 0.856. The highest BCUT2D eigenvalue weighted by atomic mass is 16.8. The number of hydrogen-bond donors (Lipinski definition) is 1. The molecule has 3 aliphatic rings. The van der Waals surface area contributed by atoms with Crippen molar-refractivity contribution in [1.82, 2.24) is 0 Å². The van der Waals surface area contributed by atoms with Crippen molar-refractivity contribution in [1.29, 1.82) is 0 Å². The Hall–Kier alpha value is -1.22. The summed E-state index contributed by atoms with van der Waals surface area (Å²) < 4.78 is 35.5. The molecule has 2 saturated heterocycles. The molecule has 0 radical (unpaired) electrons. The molecule has 7 nitrogen and oxygen atoms in total. The molecule has 4 rings (SSSR count). The third-order valence-corrected chi connectivity index (χ3v) is 5.25. The van der Waals surface area contributed by atoms with E-state index in [0.717, 1.165) is 11.3 Å². The fourth-order valence-electron chi connectivity index (χ4n) is 4.15. The summed E-state index contributed by atoms with van der Waals surface area (Å²) in [6.07, 6.45) is -3.20. The summed E-state index contributed by atoms with van der Waals surface area (Å²) in [5.74, 6) is -0.804. The first-order valence-corrected chi connectivity index (χ1v) is 9.33. The van der Waals surface area contributed by atoms with Gasteiger partial charge in [-0.2, -0.15) is 0 Å². The number of rotatable bonds is 4. The van der Waals surface area contributed by atoms with Gasteiger partial charge >= 0.3 is 0 Å². The summed E-state index contributed by atoms with van der Waals surface area (Å²) in [4.78, 5) is 0. The van der Waals surface area contributed by atoms with Gasteiger partial charge in [0.15, 0.2) is 11.6 Å². The summed E-state index contributed by atoms with van der Waals surface area (Å²) in [5.41, 5.74) is 1.01. The molecule has 1 aliphatic carbocycles. The maximum absolute atomic E-state index is 10.8. The van der Waals surface area contributed by atoms with Gasteiger partial charge in [0.25, 0.3) is 0 Å². The van der Waals surface area contributed by atoms with Crippen LogP contribution in [0, 0.1) is 0 Å². The first-order valence-electron chi connectivity index (χ1n) is 9.33. The molecule has 2 aliphatic heterocycles. The zero-order valence-corrected chi connectivity index (χ0v) is 16.4. The first-order chi connectivity index (χ1) is 12.7. The van der Waals surface area contributed by atoms with Crippen molar-refractivity contribution in [3.8, 4) is 5.75 Å². The number of methoxy groups -OCH3 is 1. The topological polar surface area (TPSA) is 75.6 Å². The molecule has 0 aromatic heterocycles. The molecule has 2 heterocycles. The highest BCUT2D eigenvalue weighted by Gasteiger charge is 2.63. The molecular formula is C20H28O7.